The van der Waals surface area contributed by atoms with E-state index in [1.807, 2.05) is 12.3 Å². The fraction of sp³-hybridized carbons (Fsp3) is 0.500. The molecule has 1 aromatic carbocycles. The van der Waals surface area contributed by atoms with Gasteiger partial charge in [-0.05, 0) is 68.9 Å². The summed E-state index contributed by atoms with van der Waals surface area (Å²) >= 11 is 0. The summed E-state index contributed by atoms with van der Waals surface area (Å²) in [5, 5.41) is 6.78. The number of piperidine rings is 1. The minimum absolute atomic E-state index is 0. The average molecular weight is 537 g/mol. The van der Waals surface area contributed by atoms with E-state index in [1.54, 1.807) is 7.11 Å². The van der Waals surface area contributed by atoms with Crippen molar-refractivity contribution in [3.63, 3.8) is 0 Å². The van der Waals surface area contributed by atoms with E-state index in [4.69, 9.17) is 9.73 Å². The number of aromatic nitrogens is 1. The topological polar surface area (TPSA) is 61.8 Å². The number of benzene rings is 1. The second kappa shape index (κ2) is 13.4. The smallest absolute Gasteiger partial charge is 0.191 e. The molecule has 2 aromatic rings. The quantitative estimate of drug-likeness (QED) is 0.299. The van der Waals surface area contributed by atoms with Crippen molar-refractivity contribution in [1.82, 2.24) is 15.6 Å². The monoisotopic (exact) mass is 537 g/mol. The lowest BCUT2D eigenvalue weighted by Crippen LogP contribution is -2.38. The zero-order valence-electron chi connectivity index (χ0n) is 19.0. The minimum Gasteiger partial charge on any atom is -0.496 e. The van der Waals surface area contributed by atoms with Gasteiger partial charge >= 0.3 is 0 Å². The first kappa shape index (κ1) is 25.2. The van der Waals surface area contributed by atoms with E-state index in [2.05, 4.69) is 58.6 Å². The molecule has 3 rings (SSSR count). The standard InChI is InChI=1S/C24H35N5O.HI/c1-4-25-24(27-13-11-21-16-19(2)8-9-22(21)30-3)28-18-20-10-12-26-23(17-20)29-14-6-5-7-15-29;/h8-10,12,16-17H,4-7,11,13-15,18H2,1-3H3,(H2,25,27,28);1H. The third-order valence-electron chi connectivity index (χ3n) is 5.38. The Bertz CT molecular complexity index is 836. The molecular weight excluding hydrogens is 501 g/mol. The Morgan fingerprint density at radius 2 is 1.94 bits per heavy atom. The SMILES string of the molecule is CCNC(=NCc1ccnc(N2CCCCC2)c1)NCCc1cc(C)ccc1OC.I. The number of pyridine rings is 1. The van der Waals surface area contributed by atoms with E-state index >= 15 is 0 Å². The lowest BCUT2D eigenvalue weighted by molar-refractivity contribution is 0.409. The summed E-state index contributed by atoms with van der Waals surface area (Å²) in [6, 6.07) is 10.5. The Hall–Kier alpha value is -2.03. The number of nitrogens with one attached hydrogen (secondary N) is 2. The Labute approximate surface area is 203 Å². The fourth-order valence-electron chi connectivity index (χ4n) is 3.79. The zero-order chi connectivity index (χ0) is 21.2. The molecule has 6 nitrogen and oxygen atoms in total. The van der Waals surface area contributed by atoms with Crippen molar-refractivity contribution < 1.29 is 4.74 Å². The molecule has 0 atom stereocenters. The summed E-state index contributed by atoms with van der Waals surface area (Å²) in [7, 11) is 1.72. The number of aliphatic imine (C=N–C) groups is 1. The number of rotatable bonds is 8. The highest BCUT2D eigenvalue weighted by Gasteiger charge is 2.12. The molecule has 0 spiro atoms. The Morgan fingerprint density at radius 3 is 2.68 bits per heavy atom. The highest BCUT2D eigenvalue weighted by atomic mass is 127. The molecule has 2 N–H and O–H groups in total. The van der Waals surface area contributed by atoms with Crippen molar-refractivity contribution in [1.29, 1.82) is 0 Å². The van der Waals surface area contributed by atoms with Gasteiger partial charge in [-0.25, -0.2) is 9.98 Å². The van der Waals surface area contributed by atoms with E-state index in [9.17, 15) is 0 Å². The van der Waals surface area contributed by atoms with Gasteiger partial charge in [0, 0.05) is 32.4 Å². The number of nitrogens with zero attached hydrogens (tertiary/aromatic N) is 3. The summed E-state index contributed by atoms with van der Waals surface area (Å²) in [6.45, 7) is 8.65. The molecule has 0 aliphatic carbocycles. The molecule has 7 heteroatoms. The molecule has 31 heavy (non-hydrogen) atoms. The summed E-state index contributed by atoms with van der Waals surface area (Å²) < 4.78 is 5.49. The predicted octanol–water partition coefficient (Wildman–Crippen LogP) is 4.30. The highest BCUT2D eigenvalue weighted by molar-refractivity contribution is 14.0. The van der Waals surface area contributed by atoms with E-state index < -0.39 is 0 Å². The number of aryl methyl sites for hydroxylation is 1. The summed E-state index contributed by atoms with van der Waals surface area (Å²) in [6.07, 6.45) is 6.62. The summed E-state index contributed by atoms with van der Waals surface area (Å²) in [4.78, 5) is 11.7. The van der Waals surface area contributed by atoms with Crippen LogP contribution in [0.25, 0.3) is 0 Å². The molecule has 1 aliphatic rings. The number of ether oxygens (including phenoxy) is 1. The molecule has 1 fully saturated rings. The number of methoxy groups -OCH3 is 1. The van der Waals surface area contributed by atoms with Crippen LogP contribution in [-0.4, -0.2) is 44.2 Å². The fourth-order valence-corrected chi connectivity index (χ4v) is 3.79. The molecule has 0 radical (unpaired) electrons. The third-order valence-corrected chi connectivity index (χ3v) is 5.38. The molecule has 0 unspecified atom stereocenters. The summed E-state index contributed by atoms with van der Waals surface area (Å²) in [5.41, 5.74) is 3.64. The highest BCUT2D eigenvalue weighted by Crippen LogP contribution is 2.20. The van der Waals surface area contributed by atoms with Crippen LogP contribution in [0.15, 0.2) is 41.5 Å². The number of halogens is 1. The number of guanidine groups is 1. The van der Waals surface area contributed by atoms with Crippen LogP contribution in [0.5, 0.6) is 5.75 Å². The largest absolute Gasteiger partial charge is 0.496 e. The average Bonchev–Trinajstić information content (AvgIpc) is 2.78. The second-order valence-corrected chi connectivity index (χ2v) is 7.76. The molecule has 0 amide bonds. The van der Waals surface area contributed by atoms with Gasteiger partial charge in [-0.15, -0.1) is 24.0 Å². The molecule has 0 bridgehead atoms. The van der Waals surface area contributed by atoms with Crippen LogP contribution in [0.4, 0.5) is 5.82 Å². The molecule has 1 aliphatic heterocycles. The predicted molar refractivity (Wildman–Crippen MR) is 140 cm³/mol. The number of hydrogen-bond donors (Lipinski definition) is 2. The van der Waals surface area contributed by atoms with Crippen molar-refractivity contribution in [3.05, 3.63) is 53.2 Å². The van der Waals surface area contributed by atoms with Gasteiger partial charge in [0.25, 0.3) is 0 Å². The van der Waals surface area contributed by atoms with Crippen LogP contribution < -0.4 is 20.3 Å². The van der Waals surface area contributed by atoms with Gasteiger partial charge in [-0.2, -0.15) is 0 Å². The van der Waals surface area contributed by atoms with Crippen LogP contribution in [-0.2, 0) is 13.0 Å². The van der Waals surface area contributed by atoms with E-state index in [0.29, 0.717) is 6.54 Å². The lowest BCUT2D eigenvalue weighted by Gasteiger charge is -2.27. The number of anilines is 1. The van der Waals surface area contributed by atoms with E-state index in [1.165, 1.54) is 36.0 Å². The zero-order valence-corrected chi connectivity index (χ0v) is 21.3. The maximum Gasteiger partial charge on any atom is 0.191 e. The minimum atomic E-state index is 0. The van der Waals surface area contributed by atoms with Crippen LogP contribution in [0.3, 0.4) is 0 Å². The van der Waals surface area contributed by atoms with Crippen molar-refractivity contribution in [2.75, 3.05) is 38.2 Å². The lowest BCUT2D eigenvalue weighted by atomic mass is 10.1. The first-order valence-electron chi connectivity index (χ1n) is 11.0. The van der Waals surface area contributed by atoms with Crippen molar-refractivity contribution in [2.45, 2.75) is 46.1 Å². The van der Waals surface area contributed by atoms with E-state index in [-0.39, 0.29) is 24.0 Å². The first-order valence-corrected chi connectivity index (χ1v) is 11.0. The van der Waals surface area contributed by atoms with Gasteiger partial charge in [-0.1, -0.05) is 17.7 Å². The van der Waals surface area contributed by atoms with Gasteiger partial charge in [0.05, 0.1) is 13.7 Å². The van der Waals surface area contributed by atoms with E-state index in [0.717, 1.165) is 50.1 Å². The Morgan fingerprint density at radius 1 is 1.13 bits per heavy atom. The van der Waals surface area contributed by atoms with Gasteiger partial charge in [0.2, 0.25) is 0 Å². The van der Waals surface area contributed by atoms with Crippen molar-refractivity contribution in [2.24, 2.45) is 4.99 Å². The van der Waals surface area contributed by atoms with Crippen LogP contribution in [0.1, 0.15) is 42.9 Å². The molecule has 1 aromatic heterocycles. The second-order valence-electron chi connectivity index (χ2n) is 7.76. The van der Waals surface area contributed by atoms with Gasteiger partial charge in [0.15, 0.2) is 5.96 Å². The van der Waals surface area contributed by atoms with Crippen molar-refractivity contribution in [3.8, 4) is 5.75 Å². The first-order chi connectivity index (χ1) is 14.7. The molecule has 2 heterocycles. The third kappa shape index (κ3) is 7.87. The maximum absolute atomic E-state index is 5.49. The van der Waals surface area contributed by atoms with Crippen LogP contribution in [0.2, 0.25) is 0 Å². The van der Waals surface area contributed by atoms with Gasteiger partial charge in [-0.3, -0.25) is 0 Å². The maximum atomic E-state index is 5.49. The molecule has 1 saturated heterocycles. The normalized spacial score (nSPS) is 14.0. The summed E-state index contributed by atoms with van der Waals surface area (Å²) in [5.74, 6) is 2.85. The van der Waals surface area contributed by atoms with Crippen LogP contribution in [0, 0.1) is 6.92 Å². The molecule has 0 saturated carbocycles. The Kier molecular flexibility index (Phi) is 10.9. The molecular formula is C24H36IN5O. The van der Waals surface area contributed by atoms with Gasteiger partial charge in [0.1, 0.15) is 11.6 Å². The van der Waals surface area contributed by atoms with Crippen molar-refractivity contribution >= 4 is 35.8 Å². The van der Waals surface area contributed by atoms with Gasteiger partial charge < -0.3 is 20.3 Å². The Balaban J connectivity index is 0.00000341. The van der Waals surface area contributed by atoms with Crippen LogP contribution >= 0.6 is 24.0 Å². The number of hydrogen-bond acceptors (Lipinski definition) is 4. The molecule has 170 valence electrons.